The maximum absolute atomic E-state index is 12.6. The lowest BCUT2D eigenvalue weighted by atomic mass is 10.2. The van der Waals surface area contributed by atoms with Crippen molar-refractivity contribution >= 4 is 45.2 Å². The van der Waals surface area contributed by atoms with Crippen LogP contribution in [0.4, 0.5) is 14.5 Å². The Morgan fingerprint density at radius 1 is 1.13 bits per heavy atom. The fraction of sp³-hybridized carbons (Fsp3) is 0.211. The number of nitrogens with one attached hydrogen (secondary N) is 2. The van der Waals surface area contributed by atoms with E-state index in [0.29, 0.717) is 17.3 Å². The van der Waals surface area contributed by atoms with Crippen LogP contribution in [0, 0.1) is 0 Å². The molecule has 12 heteroatoms. The van der Waals surface area contributed by atoms with Crippen molar-refractivity contribution in [1.82, 2.24) is 4.72 Å². The SMILES string of the molecule is O=C(COC(=O)CCN=C1NS(=O)(=O)c2ccccc21)Nc1ccccc1SC(F)F. The van der Waals surface area contributed by atoms with Crippen LogP contribution in [0.15, 0.2) is 63.3 Å². The second-order valence-electron chi connectivity index (χ2n) is 6.17. The van der Waals surface area contributed by atoms with E-state index in [1.54, 1.807) is 30.3 Å². The van der Waals surface area contributed by atoms with Crippen molar-refractivity contribution in [1.29, 1.82) is 0 Å². The average molecular weight is 469 g/mol. The summed E-state index contributed by atoms with van der Waals surface area (Å²) in [6, 6.07) is 12.3. The topological polar surface area (TPSA) is 114 Å². The fourth-order valence-electron chi connectivity index (χ4n) is 2.68. The number of benzene rings is 2. The lowest BCUT2D eigenvalue weighted by Crippen LogP contribution is -2.23. The average Bonchev–Trinajstić information content (AvgIpc) is 2.98. The van der Waals surface area contributed by atoms with E-state index in [0.717, 1.165) is 0 Å². The van der Waals surface area contributed by atoms with Crippen molar-refractivity contribution in [2.24, 2.45) is 4.99 Å². The van der Waals surface area contributed by atoms with Gasteiger partial charge in [0.15, 0.2) is 6.61 Å². The Kier molecular flexibility index (Phi) is 7.23. The van der Waals surface area contributed by atoms with Crippen molar-refractivity contribution in [3.63, 3.8) is 0 Å². The van der Waals surface area contributed by atoms with E-state index in [1.165, 1.54) is 18.2 Å². The molecule has 2 aromatic rings. The minimum atomic E-state index is -3.67. The Morgan fingerprint density at radius 2 is 1.84 bits per heavy atom. The summed E-state index contributed by atoms with van der Waals surface area (Å²) >= 11 is 0.290. The Morgan fingerprint density at radius 3 is 2.61 bits per heavy atom. The summed E-state index contributed by atoms with van der Waals surface area (Å²) in [5.41, 5.74) is 0.600. The molecule has 0 unspecified atom stereocenters. The summed E-state index contributed by atoms with van der Waals surface area (Å²) in [6.07, 6.45) is -0.182. The first-order valence-corrected chi connectivity index (χ1v) is 11.3. The summed E-state index contributed by atoms with van der Waals surface area (Å²) < 4.78 is 56.3. The summed E-state index contributed by atoms with van der Waals surface area (Å²) in [7, 11) is -3.67. The third-order valence-corrected chi connectivity index (χ3v) is 6.18. The van der Waals surface area contributed by atoms with Gasteiger partial charge in [0.2, 0.25) is 0 Å². The van der Waals surface area contributed by atoms with Gasteiger partial charge in [-0.2, -0.15) is 8.78 Å². The summed E-state index contributed by atoms with van der Waals surface area (Å²) in [5, 5.41) is 2.42. The highest BCUT2D eigenvalue weighted by atomic mass is 32.2. The molecule has 8 nitrogen and oxygen atoms in total. The van der Waals surface area contributed by atoms with Crippen molar-refractivity contribution in [2.45, 2.75) is 22.0 Å². The Bertz CT molecular complexity index is 1120. The molecule has 0 spiro atoms. The van der Waals surface area contributed by atoms with E-state index in [9.17, 15) is 26.8 Å². The normalized spacial score (nSPS) is 15.4. The number of aliphatic imine (C=N–C) groups is 1. The second kappa shape index (κ2) is 9.88. The summed E-state index contributed by atoms with van der Waals surface area (Å²) in [6.45, 7) is -0.654. The van der Waals surface area contributed by atoms with Crippen LogP contribution in [0.3, 0.4) is 0 Å². The van der Waals surface area contributed by atoms with Crippen LogP contribution >= 0.6 is 11.8 Å². The van der Waals surface area contributed by atoms with Gasteiger partial charge in [-0.05, 0) is 24.3 Å². The van der Waals surface area contributed by atoms with E-state index in [1.807, 2.05) is 0 Å². The van der Waals surface area contributed by atoms with Crippen LogP contribution in [-0.2, 0) is 24.3 Å². The molecule has 31 heavy (non-hydrogen) atoms. The minimum absolute atomic E-state index is 0.0551. The predicted molar refractivity (Wildman–Crippen MR) is 111 cm³/mol. The quantitative estimate of drug-likeness (QED) is 0.454. The van der Waals surface area contributed by atoms with Gasteiger partial charge < -0.3 is 10.1 Å². The molecule has 0 aromatic heterocycles. The smallest absolute Gasteiger partial charge is 0.308 e. The van der Waals surface area contributed by atoms with Gasteiger partial charge in [0.25, 0.3) is 21.7 Å². The molecule has 1 amide bonds. The highest BCUT2D eigenvalue weighted by molar-refractivity contribution is 7.99. The fourth-order valence-corrected chi connectivity index (χ4v) is 4.53. The minimum Gasteiger partial charge on any atom is -0.456 e. The number of para-hydroxylation sites is 1. The highest BCUT2D eigenvalue weighted by Gasteiger charge is 2.30. The standard InChI is InChI=1S/C19H17F2N3O5S2/c20-19(21)30-14-7-3-2-6-13(14)23-16(25)11-29-17(26)9-10-22-18-12-5-1-4-8-15(12)31(27,28)24-18/h1-8,19H,9-11H2,(H,22,24)(H,23,25). The Balaban J connectivity index is 1.48. The second-order valence-corrected chi connectivity index (χ2v) is 8.85. The molecule has 0 fully saturated rings. The molecule has 3 rings (SSSR count). The van der Waals surface area contributed by atoms with Gasteiger partial charge in [-0.25, -0.2) is 8.42 Å². The van der Waals surface area contributed by atoms with Crippen molar-refractivity contribution < 1.29 is 31.5 Å². The zero-order chi connectivity index (χ0) is 22.4. The molecule has 2 N–H and O–H groups in total. The van der Waals surface area contributed by atoms with Gasteiger partial charge in [0.1, 0.15) is 5.84 Å². The molecule has 2 aromatic carbocycles. The number of rotatable bonds is 8. The molecule has 1 heterocycles. The molecular formula is C19H17F2N3O5S2. The summed E-state index contributed by atoms with van der Waals surface area (Å²) in [5.74, 6) is -3.91. The first kappa shape index (κ1) is 22.7. The highest BCUT2D eigenvalue weighted by Crippen LogP contribution is 2.31. The number of carbonyl (C=O) groups excluding carboxylic acids is 2. The van der Waals surface area contributed by atoms with E-state index in [2.05, 4.69) is 15.0 Å². The Hall–Kier alpha value is -2.99. The third kappa shape index (κ3) is 6.01. The molecule has 1 aliphatic rings. The van der Waals surface area contributed by atoms with Crippen molar-refractivity contribution in [2.75, 3.05) is 18.5 Å². The predicted octanol–water partition coefficient (Wildman–Crippen LogP) is 2.61. The number of fused-ring (bicyclic) bond motifs is 1. The van der Waals surface area contributed by atoms with Gasteiger partial charge >= 0.3 is 5.97 Å². The number of amides is 1. The number of amidine groups is 1. The molecule has 0 aliphatic carbocycles. The third-order valence-electron chi connectivity index (χ3n) is 3.99. The first-order valence-electron chi connectivity index (χ1n) is 8.92. The zero-order valence-corrected chi connectivity index (χ0v) is 17.5. The van der Waals surface area contributed by atoms with Crippen LogP contribution in [-0.4, -0.2) is 45.0 Å². The number of nitrogens with zero attached hydrogens (tertiary/aromatic N) is 1. The number of hydrogen-bond acceptors (Lipinski definition) is 7. The number of thioether (sulfide) groups is 1. The largest absolute Gasteiger partial charge is 0.456 e. The van der Waals surface area contributed by atoms with E-state index < -0.39 is 34.3 Å². The number of halogens is 2. The van der Waals surface area contributed by atoms with E-state index in [-0.39, 0.29) is 34.3 Å². The van der Waals surface area contributed by atoms with Gasteiger partial charge in [-0.1, -0.05) is 36.0 Å². The van der Waals surface area contributed by atoms with Crippen LogP contribution in [0.2, 0.25) is 0 Å². The number of ether oxygens (including phenoxy) is 1. The van der Waals surface area contributed by atoms with Gasteiger partial charge in [0.05, 0.1) is 23.5 Å². The van der Waals surface area contributed by atoms with Gasteiger partial charge in [-0.3, -0.25) is 19.3 Å². The summed E-state index contributed by atoms with van der Waals surface area (Å²) in [4.78, 5) is 28.2. The molecule has 0 bridgehead atoms. The molecule has 0 saturated carbocycles. The number of esters is 1. The van der Waals surface area contributed by atoms with Crippen LogP contribution in [0.5, 0.6) is 0 Å². The molecule has 0 atom stereocenters. The first-order chi connectivity index (χ1) is 14.8. The molecule has 0 saturated heterocycles. The number of alkyl halides is 2. The van der Waals surface area contributed by atoms with Crippen molar-refractivity contribution in [3.8, 4) is 0 Å². The number of hydrogen-bond donors (Lipinski definition) is 2. The molecule has 1 aliphatic heterocycles. The van der Waals surface area contributed by atoms with E-state index in [4.69, 9.17) is 4.74 Å². The van der Waals surface area contributed by atoms with Crippen LogP contribution in [0.25, 0.3) is 0 Å². The number of sulfonamides is 1. The lowest BCUT2D eigenvalue weighted by molar-refractivity contribution is -0.147. The molecular weight excluding hydrogens is 452 g/mol. The number of carbonyl (C=O) groups is 2. The Labute approximate surface area is 181 Å². The van der Waals surface area contributed by atoms with Crippen molar-refractivity contribution in [3.05, 3.63) is 54.1 Å². The maximum atomic E-state index is 12.6. The van der Waals surface area contributed by atoms with Crippen LogP contribution in [0.1, 0.15) is 12.0 Å². The molecule has 0 radical (unpaired) electrons. The lowest BCUT2D eigenvalue weighted by Gasteiger charge is -2.10. The number of anilines is 1. The zero-order valence-electron chi connectivity index (χ0n) is 15.9. The van der Waals surface area contributed by atoms with Gasteiger partial charge in [0, 0.05) is 10.5 Å². The molecule has 164 valence electrons. The van der Waals surface area contributed by atoms with Gasteiger partial charge in [-0.15, -0.1) is 0 Å². The monoisotopic (exact) mass is 469 g/mol. The van der Waals surface area contributed by atoms with E-state index >= 15 is 0 Å². The maximum Gasteiger partial charge on any atom is 0.308 e. The van der Waals surface area contributed by atoms with Crippen LogP contribution < -0.4 is 10.0 Å².